The second-order valence-electron chi connectivity index (χ2n) is 8.52. The molecule has 0 aliphatic carbocycles. The normalized spacial score (nSPS) is 15.1. The van der Waals surface area contributed by atoms with Crippen LogP contribution in [0.15, 0.2) is 85.2 Å². The maximum atomic E-state index is 13.7. The van der Waals surface area contributed by atoms with Gasteiger partial charge in [0.2, 0.25) is 0 Å². The highest BCUT2D eigenvalue weighted by Crippen LogP contribution is 2.30. The molecule has 1 heterocycles. The lowest BCUT2D eigenvalue weighted by Crippen LogP contribution is -2.45. The molecule has 0 saturated heterocycles. The fourth-order valence-corrected chi connectivity index (χ4v) is 4.07. The molecule has 0 fully saturated rings. The minimum atomic E-state index is -0.841. The molecule has 0 saturated carbocycles. The van der Waals surface area contributed by atoms with Gasteiger partial charge in [-0.2, -0.15) is 0 Å². The van der Waals surface area contributed by atoms with Crippen molar-refractivity contribution in [1.82, 2.24) is 9.80 Å². The van der Waals surface area contributed by atoms with Crippen LogP contribution in [-0.2, 0) is 16.0 Å². The molecule has 0 aromatic heterocycles. The molecule has 7 nitrogen and oxygen atoms in total. The summed E-state index contributed by atoms with van der Waals surface area (Å²) >= 11 is 0. The highest BCUT2D eigenvalue weighted by atomic mass is 16.5. The standard InChI is InChI=1S/C29H28N2O5/c1-20-4-6-21(7-5-20)16-17-30-18-19-31(26(28(30)33)22-12-14-25(35-2)15-13-22)27(32)23-8-10-24(11-9-23)29(34)36-3/h4-15,18-19,26H,16-17H2,1-3H3. The van der Waals surface area contributed by atoms with Gasteiger partial charge in [0.05, 0.1) is 19.8 Å². The van der Waals surface area contributed by atoms with Gasteiger partial charge < -0.3 is 14.4 Å². The van der Waals surface area contributed by atoms with E-state index in [1.165, 1.54) is 29.7 Å². The summed E-state index contributed by atoms with van der Waals surface area (Å²) in [5.41, 5.74) is 3.68. The second kappa shape index (κ2) is 10.9. The lowest BCUT2D eigenvalue weighted by atomic mass is 10.0. The summed E-state index contributed by atoms with van der Waals surface area (Å²) in [6.07, 6.45) is 3.98. The topological polar surface area (TPSA) is 76.2 Å². The van der Waals surface area contributed by atoms with Crippen molar-refractivity contribution in [2.24, 2.45) is 0 Å². The van der Waals surface area contributed by atoms with Gasteiger partial charge in [-0.3, -0.25) is 14.5 Å². The molecule has 1 unspecified atom stereocenters. The minimum Gasteiger partial charge on any atom is -0.497 e. The molecule has 2 amide bonds. The molecule has 3 aromatic carbocycles. The van der Waals surface area contributed by atoms with E-state index < -0.39 is 12.0 Å². The van der Waals surface area contributed by atoms with E-state index in [0.717, 1.165) is 5.56 Å². The van der Waals surface area contributed by atoms with Gasteiger partial charge in [0.15, 0.2) is 0 Å². The summed E-state index contributed by atoms with van der Waals surface area (Å²) in [6, 6.07) is 20.7. The van der Waals surface area contributed by atoms with Crippen molar-refractivity contribution < 1.29 is 23.9 Å². The zero-order chi connectivity index (χ0) is 25.7. The number of carbonyl (C=O) groups excluding carboxylic acids is 3. The first-order valence-electron chi connectivity index (χ1n) is 11.6. The monoisotopic (exact) mass is 484 g/mol. The van der Waals surface area contributed by atoms with Gasteiger partial charge in [-0.05, 0) is 60.9 Å². The Bertz CT molecular complexity index is 1260. The van der Waals surface area contributed by atoms with Crippen LogP contribution in [0.5, 0.6) is 5.75 Å². The largest absolute Gasteiger partial charge is 0.497 e. The molecule has 1 aliphatic rings. The molecule has 1 atom stereocenters. The SMILES string of the molecule is COC(=O)c1ccc(C(=O)N2C=CN(CCc3ccc(C)cc3)C(=O)C2c2ccc(OC)cc2)cc1. The molecule has 4 rings (SSSR count). The molecule has 0 spiro atoms. The van der Waals surface area contributed by atoms with Crippen molar-refractivity contribution in [3.63, 3.8) is 0 Å². The number of benzene rings is 3. The third kappa shape index (κ3) is 5.30. The van der Waals surface area contributed by atoms with Gasteiger partial charge in [-0.15, -0.1) is 0 Å². The fraction of sp³-hybridized carbons (Fsp3) is 0.207. The zero-order valence-electron chi connectivity index (χ0n) is 20.5. The first-order valence-corrected chi connectivity index (χ1v) is 11.6. The summed E-state index contributed by atoms with van der Waals surface area (Å²) < 4.78 is 9.98. The summed E-state index contributed by atoms with van der Waals surface area (Å²) in [7, 11) is 2.87. The van der Waals surface area contributed by atoms with E-state index in [1.54, 1.807) is 60.8 Å². The van der Waals surface area contributed by atoms with Gasteiger partial charge in [-0.1, -0.05) is 42.0 Å². The van der Waals surface area contributed by atoms with Crippen LogP contribution in [0.4, 0.5) is 0 Å². The Morgan fingerprint density at radius 3 is 2.08 bits per heavy atom. The number of esters is 1. The average molecular weight is 485 g/mol. The molecular weight excluding hydrogens is 456 g/mol. The minimum absolute atomic E-state index is 0.200. The van der Waals surface area contributed by atoms with E-state index in [4.69, 9.17) is 9.47 Å². The summed E-state index contributed by atoms with van der Waals surface area (Å²) in [4.78, 5) is 42.0. The molecule has 3 aromatic rings. The number of aryl methyl sites for hydroxylation is 1. The number of nitrogens with zero attached hydrogens (tertiary/aromatic N) is 2. The van der Waals surface area contributed by atoms with E-state index in [0.29, 0.717) is 35.4 Å². The molecule has 1 aliphatic heterocycles. The van der Waals surface area contributed by atoms with Gasteiger partial charge in [0.25, 0.3) is 11.8 Å². The smallest absolute Gasteiger partial charge is 0.337 e. The van der Waals surface area contributed by atoms with Gasteiger partial charge in [0.1, 0.15) is 11.8 Å². The Hall–Kier alpha value is -4.39. The number of hydrogen-bond donors (Lipinski definition) is 0. The molecule has 7 heteroatoms. The van der Waals surface area contributed by atoms with Crippen LogP contribution in [0.1, 0.15) is 43.4 Å². The first kappa shape index (κ1) is 24.7. The number of ether oxygens (including phenoxy) is 2. The van der Waals surface area contributed by atoms with Crippen LogP contribution in [0.3, 0.4) is 0 Å². The number of hydrogen-bond acceptors (Lipinski definition) is 5. The molecule has 0 radical (unpaired) electrons. The van der Waals surface area contributed by atoms with Gasteiger partial charge >= 0.3 is 5.97 Å². The zero-order valence-corrected chi connectivity index (χ0v) is 20.5. The number of amides is 2. The van der Waals surface area contributed by atoms with Gasteiger partial charge in [-0.25, -0.2) is 4.79 Å². The van der Waals surface area contributed by atoms with Crippen molar-refractivity contribution in [3.05, 3.63) is 113 Å². The van der Waals surface area contributed by atoms with Crippen LogP contribution in [-0.4, -0.2) is 48.3 Å². The summed E-state index contributed by atoms with van der Waals surface area (Å²) in [6.45, 7) is 2.52. The Morgan fingerprint density at radius 2 is 1.47 bits per heavy atom. The second-order valence-corrected chi connectivity index (χ2v) is 8.52. The summed E-state index contributed by atoms with van der Waals surface area (Å²) in [5, 5.41) is 0. The van der Waals surface area contributed by atoms with Crippen molar-refractivity contribution >= 4 is 17.8 Å². The van der Waals surface area contributed by atoms with E-state index in [9.17, 15) is 14.4 Å². The molecule has 36 heavy (non-hydrogen) atoms. The Balaban J connectivity index is 1.62. The van der Waals surface area contributed by atoms with E-state index in [1.807, 2.05) is 6.92 Å². The summed E-state index contributed by atoms with van der Waals surface area (Å²) in [5.74, 6) is -0.378. The Morgan fingerprint density at radius 1 is 0.833 bits per heavy atom. The predicted molar refractivity (Wildman–Crippen MR) is 135 cm³/mol. The van der Waals surface area contributed by atoms with Gasteiger partial charge in [0, 0.05) is 24.5 Å². The maximum Gasteiger partial charge on any atom is 0.337 e. The van der Waals surface area contributed by atoms with Crippen LogP contribution in [0, 0.1) is 6.92 Å². The van der Waals surface area contributed by atoms with Crippen molar-refractivity contribution in [2.75, 3.05) is 20.8 Å². The quantitative estimate of drug-likeness (QED) is 0.461. The van der Waals surface area contributed by atoms with E-state index in [2.05, 4.69) is 24.3 Å². The Kier molecular flexibility index (Phi) is 7.49. The molecule has 184 valence electrons. The molecular formula is C29H28N2O5. The predicted octanol–water partition coefficient (Wildman–Crippen LogP) is 4.53. The van der Waals surface area contributed by atoms with Crippen LogP contribution < -0.4 is 4.74 Å². The van der Waals surface area contributed by atoms with Crippen LogP contribution in [0.25, 0.3) is 0 Å². The Labute approximate surface area is 210 Å². The van der Waals surface area contributed by atoms with Crippen molar-refractivity contribution in [1.29, 1.82) is 0 Å². The van der Waals surface area contributed by atoms with Crippen molar-refractivity contribution in [3.8, 4) is 5.75 Å². The molecule has 0 N–H and O–H groups in total. The third-order valence-corrected chi connectivity index (χ3v) is 6.18. The highest BCUT2D eigenvalue weighted by Gasteiger charge is 2.36. The average Bonchev–Trinajstić information content (AvgIpc) is 2.92. The molecule has 0 bridgehead atoms. The third-order valence-electron chi connectivity index (χ3n) is 6.18. The number of methoxy groups -OCH3 is 2. The van der Waals surface area contributed by atoms with Crippen molar-refractivity contribution in [2.45, 2.75) is 19.4 Å². The van der Waals surface area contributed by atoms with E-state index >= 15 is 0 Å². The number of carbonyl (C=O) groups is 3. The lowest BCUT2D eigenvalue weighted by Gasteiger charge is -2.36. The van der Waals surface area contributed by atoms with Crippen LogP contribution in [0.2, 0.25) is 0 Å². The number of rotatable bonds is 7. The fourth-order valence-electron chi connectivity index (χ4n) is 4.07. The van der Waals surface area contributed by atoms with E-state index in [-0.39, 0.29) is 11.8 Å². The maximum absolute atomic E-state index is 13.7. The highest BCUT2D eigenvalue weighted by molar-refractivity contribution is 6.00. The lowest BCUT2D eigenvalue weighted by molar-refractivity contribution is -0.134. The van der Waals surface area contributed by atoms with Crippen LogP contribution >= 0.6 is 0 Å². The first-order chi connectivity index (χ1) is 17.4.